The van der Waals surface area contributed by atoms with Gasteiger partial charge in [0.1, 0.15) is 11.6 Å². The number of fused-ring (bicyclic) bond motifs is 1. The highest BCUT2D eigenvalue weighted by Crippen LogP contribution is 2.40. The molecule has 0 aliphatic carbocycles. The zero-order chi connectivity index (χ0) is 23.4. The van der Waals surface area contributed by atoms with Crippen molar-refractivity contribution < 1.29 is 9.53 Å². The molecule has 1 heterocycles. The van der Waals surface area contributed by atoms with E-state index >= 15 is 0 Å². The van der Waals surface area contributed by atoms with Crippen LogP contribution in [0, 0.1) is 11.3 Å². The summed E-state index contributed by atoms with van der Waals surface area (Å²) in [7, 11) is 0. The van der Waals surface area contributed by atoms with E-state index in [0.29, 0.717) is 16.8 Å². The fourth-order valence-electron chi connectivity index (χ4n) is 2.63. The van der Waals surface area contributed by atoms with Crippen molar-refractivity contribution >= 4 is 57.2 Å². The predicted molar refractivity (Wildman–Crippen MR) is 124 cm³/mol. The van der Waals surface area contributed by atoms with Gasteiger partial charge in [-0.1, -0.05) is 47.4 Å². The van der Waals surface area contributed by atoms with E-state index in [4.69, 9.17) is 44.8 Å². The minimum Gasteiger partial charge on any atom is -0.434 e. The number of amides is 1. The molecule has 1 amide bonds. The van der Waals surface area contributed by atoms with Crippen molar-refractivity contribution in [2.75, 3.05) is 5.32 Å². The average molecular weight is 491 g/mol. The minimum absolute atomic E-state index is 0.0507. The maximum atomic E-state index is 12.1. The number of nitrogens with zero attached hydrogens (tertiary/aromatic N) is 2. The van der Waals surface area contributed by atoms with Crippen LogP contribution in [0.15, 0.2) is 59.2 Å². The van der Waals surface area contributed by atoms with Crippen molar-refractivity contribution in [3.63, 3.8) is 0 Å². The van der Waals surface area contributed by atoms with E-state index in [1.807, 2.05) is 0 Å². The number of allylic oxidation sites excluding steroid dienone is 1. The highest BCUT2D eigenvalue weighted by atomic mass is 35.5. The fraction of sp³-hybridized carbons (Fsp3) is 0.0476. The molecule has 0 aliphatic heterocycles. The van der Waals surface area contributed by atoms with Gasteiger partial charge in [-0.3, -0.25) is 9.59 Å². The Morgan fingerprint density at radius 3 is 2.56 bits per heavy atom. The van der Waals surface area contributed by atoms with Gasteiger partial charge >= 0.3 is 0 Å². The van der Waals surface area contributed by atoms with Gasteiger partial charge in [0, 0.05) is 17.6 Å². The topological polar surface area (TPSA) is 120 Å². The SMILES string of the molecule is C=C(C)NC(=O)/C(C#N)=C\Nc1cc(Cl)c(Oc2n[nH]c(=O)c3c(Cl)cccc23)c(Cl)c1. The predicted octanol–water partition coefficient (Wildman–Crippen LogP) is 5.14. The van der Waals surface area contributed by atoms with Crippen molar-refractivity contribution in [1.29, 1.82) is 5.26 Å². The quantitative estimate of drug-likeness (QED) is 0.325. The smallest absolute Gasteiger partial charge is 0.273 e. The molecule has 3 N–H and O–H groups in total. The van der Waals surface area contributed by atoms with Crippen LogP contribution in [0.2, 0.25) is 15.1 Å². The maximum Gasteiger partial charge on any atom is 0.273 e. The van der Waals surface area contributed by atoms with Gasteiger partial charge in [0.25, 0.3) is 11.5 Å². The monoisotopic (exact) mass is 489 g/mol. The lowest BCUT2D eigenvalue weighted by atomic mass is 10.2. The second-order valence-electron chi connectivity index (χ2n) is 6.44. The number of rotatable bonds is 6. The van der Waals surface area contributed by atoms with Gasteiger partial charge in [-0.2, -0.15) is 5.26 Å². The maximum absolute atomic E-state index is 12.1. The van der Waals surface area contributed by atoms with Crippen LogP contribution in [-0.2, 0) is 4.79 Å². The number of aromatic nitrogens is 2. The minimum atomic E-state index is -0.612. The molecular formula is C21H14Cl3N5O3. The van der Waals surface area contributed by atoms with Gasteiger partial charge in [-0.15, -0.1) is 5.10 Å². The van der Waals surface area contributed by atoms with Crippen LogP contribution >= 0.6 is 34.8 Å². The number of carbonyl (C=O) groups is 1. The first-order chi connectivity index (χ1) is 15.2. The van der Waals surface area contributed by atoms with Crippen LogP contribution in [0.3, 0.4) is 0 Å². The zero-order valence-electron chi connectivity index (χ0n) is 16.4. The Morgan fingerprint density at radius 2 is 1.94 bits per heavy atom. The molecule has 3 aromatic rings. The second kappa shape index (κ2) is 9.75. The summed E-state index contributed by atoms with van der Waals surface area (Å²) < 4.78 is 5.77. The summed E-state index contributed by atoms with van der Waals surface area (Å²) in [6.45, 7) is 5.15. The third kappa shape index (κ3) is 5.03. The first kappa shape index (κ1) is 23.2. The molecule has 0 unspecified atom stereocenters. The molecule has 0 bridgehead atoms. The van der Waals surface area contributed by atoms with Gasteiger partial charge in [-0.25, -0.2) is 5.10 Å². The molecule has 8 nitrogen and oxygen atoms in total. The van der Waals surface area contributed by atoms with E-state index in [-0.39, 0.29) is 37.7 Å². The van der Waals surface area contributed by atoms with E-state index < -0.39 is 11.5 Å². The van der Waals surface area contributed by atoms with Gasteiger partial charge < -0.3 is 15.4 Å². The van der Waals surface area contributed by atoms with Crippen LogP contribution < -0.4 is 20.9 Å². The number of anilines is 1. The molecule has 0 aliphatic rings. The lowest BCUT2D eigenvalue weighted by Gasteiger charge is -2.12. The van der Waals surface area contributed by atoms with Crippen molar-refractivity contribution in [3.8, 4) is 17.7 Å². The Labute approximate surface area is 197 Å². The second-order valence-corrected chi connectivity index (χ2v) is 7.66. The molecule has 0 saturated heterocycles. The molecule has 0 radical (unpaired) electrons. The molecule has 0 atom stereocenters. The molecule has 2 aromatic carbocycles. The molecule has 32 heavy (non-hydrogen) atoms. The summed E-state index contributed by atoms with van der Waals surface area (Å²) in [6, 6.07) is 9.59. The molecule has 0 fully saturated rings. The van der Waals surface area contributed by atoms with Gasteiger partial charge in [0.2, 0.25) is 5.88 Å². The van der Waals surface area contributed by atoms with Crippen LogP contribution in [0.4, 0.5) is 5.69 Å². The Kier molecular flexibility index (Phi) is 7.05. The largest absolute Gasteiger partial charge is 0.434 e. The normalized spacial score (nSPS) is 11.0. The molecule has 3 rings (SSSR count). The van der Waals surface area contributed by atoms with Crippen LogP contribution in [0.25, 0.3) is 10.8 Å². The van der Waals surface area contributed by atoms with Crippen LogP contribution in [0.5, 0.6) is 11.6 Å². The van der Waals surface area contributed by atoms with E-state index in [1.165, 1.54) is 18.3 Å². The van der Waals surface area contributed by atoms with Crippen molar-refractivity contribution in [2.24, 2.45) is 0 Å². The van der Waals surface area contributed by atoms with E-state index in [2.05, 4.69) is 27.4 Å². The number of hydrogen-bond donors (Lipinski definition) is 3. The summed E-state index contributed by atoms with van der Waals surface area (Å²) >= 11 is 18.8. The van der Waals surface area contributed by atoms with Gasteiger partial charge in [-0.05, 0) is 31.2 Å². The summed E-state index contributed by atoms with van der Waals surface area (Å²) in [6.07, 6.45) is 1.21. The Morgan fingerprint density at radius 1 is 1.25 bits per heavy atom. The number of benzene rings is 2. The molecule has 0 spiro atoms. The van der Waals surface area contributed by atoms with E-state index in [0.717, 1.165) is 0 Å². The first-order valence-electron chi connectivity index (χ1n) is 8.88. The lowest BCUT2D eigenvalue weighted by molar-refractivity contribution is -0.116. The Balaban J connectivity index is 1.91. The highest BCUT2D eigenvalue weighted by Gasteiger charge is 2.16. The standard InChI is InChI=1S/C21H14Cl3N5O3/c1-10(2)27-19(30)11(8-25)9-26-12-6-15(23)18(16(24)7-12)32-21-13-4-3-5-14(22)17(13)20(31)28-29-21/h3-7,9,26H,1H2,2H3,(H,27,30)(H,28,31)/b11-9-. The zero-order valence-corrected chi connectivity index (χ0v) is 18.7. The van der Waals surface area contributed by atoms with Crippen LogP contribution in [-0.4, -0.2) is 16.1 Å². The Bertz CT molecular complexity index is 1350. The van der Waals surface area contributed by atoms with Crippen molar-refractivity contribution in [3.05, 3.63) is 79.8 Å². The molecule has 1 aromatic heterocycles. The third-order valence-corrected chi connectivity index (χ3v) is 4.88. The van der Waals surface area contributed by atoms with E-state index in [9.17, 15) is 9.59 Å². The number of hydrogen-bond acceptors (Lipinski definition) is 6. The average Bonchev–Trinajstić information content (AvgIpc) is 2.72. The number of nitriles is 1. The highest BCUT2D eigenvalue weighted by molar-refractivity contribution is 6.38. The van der Waals surface area contributed by atoms with Gasteiger partial charge in [0.15, 0.2) is 5.75 Å². The lowest BCUT2D eigenvalue weighted by Crippen LogP contribution is -2.22. The Hall–Kier alpha value is -3.51. The van der Waals surface area contributed by atoms with E-state index in [1.54, 1.807) is 31.2 Å². The summed E-state index contributed by atoms with van der Waals surface area (Å²) in [5.41, 5.74) is 0.144. The number of H-pyrrole nitrogens is 1. The number of ether oxygens (including phenoxy) is 1. The number of halogens is 3. The summed E-state index contributed by atoms with van der Waals surface area (Å²) in [5, 5.41) is 21.7. The molecule has 162 valence electrons. The van der Waals surface area contributed by atoms with Gasteiger partial charge in [0.05, 0.1) is 25.8 Å². The van der Waals surface area contributed by atoms with Crippen molar-refractivity contribution in [2.45, 2.75) is 6.92 Å². The first-order valence-corrected chi connectivity index (χ1v) is 10.0. The summed E-state index contributed by atoms with van der Waals surface area (Å²) in [4.78, 5) is 24.0. The third-order valence-electron chi connectivity index (χ3n) is 4.00. The number of nitrogens with one attached hydrogen (secondary N) is 3. The summed E-state index contributed by atoms with van der Waals surface area (Å²) in [5.74, 6) is -0.474. The molecular weight excluding hydrogens is 477 g/mol. The number of carbonyl (C=O) groups excluding carboxylic acids is 1. The fourth-order valence-corrected chi connectivity index (χ4v) is 3.46. The number of aromatic amines is 1. The van der Waals surface area contributed by atoms with Crippen LogP contribution in [0.1, 0.15) is 6.92 Å². The van der Waals surface area contributed by atoms with Crippen molar-refractivity contribution in [1.82, 2.24) is 15.5 Å². The molecule has 0 saturated carbocycles. The molecule has 11 heteroatoms.